The molecule has 19 heavy (non-hydrogen) atoms. The van der Waals surface area contributed by atoms with Gasteiger partial charge in [-0.3, -0.25) is 0 Å². The summed E-state index contributed by atoms with van der Waals surface area (Å²) in [6.45, 7) is 2.31. The van der Waals surface area contributed by atoms with E-state index in [9.17, 15) is 0 Å². The summed E-state index contributed by atoms with van der Waals surface area (Å²) in [7, 11) is 1.60. The standard InChI is InChI=1S/C13H13Cl3N2O/c1-8-3-4-9(5-11(8)15)18-13(16)10(6-14)12(17-18)7-19-2/h3-5H,6-7H2,1-2H3. The van der Waals surface area contributed by atoms with E-state index in [4.69, 9.17) is 39.5 Å². The number of methoxy groups -OCH3 is 1. The van der Waals surface area contributed by atoms with Crippen LogP contribution in [0.2, 0.25) is 10.2 Å². The van der Waals surface area contributed by atoms with Crippen molar-refractivity contribution in [1.29, 1.82) is 0 Å². The molecule has 1 aromatic carbocycles. The summed E-state index contributed by atoms with van der Waals surface area (Å²) in [6.07, 6.45) is 0. The van der Waals surface area contributed by atoms with Crippen LogP contribution in [0.25, 0.3) is 5.69 Å². The molecular formula is C13H13Cl3N2O. The van der Waals surface area contributed by atoms with Crippen molar-refractivity contribution in [1.82, 2.24) is 9.78 Å². The highest BCUT2D eigenvalue weighted by molar-refractivity contribution is 6.32. The molecule has 0 saturated heterocycles. The third kappa shape index (κ3) is 2.90. The maximum Gasteiger partial charge on any atom is 0.137 e. The van der Waals surface area contributed by atoms with Crippen molar-refractivity contribution in [3.63, 3.8) is 0 Å². The summed E-state index contributed by atoms with van der Waals surface area (Å²) in [5.74, 6) is 0.289. The van der Waals surface area contributed by atoms with Crippen LogP contribution in [0, 0.1) is 6.92 Å². The molecule has 0 saturated carbocycles. The first-order chi connectivity index (χ1) is 9.08. The van der Waals surface area contributed by atoms with Gasteiger partial charge in [0.05, 0.1) is 23.9 Å². The van der Waals surface area contributed by atoms with Gasteiger partial charge in [-0.25, -0.2) is 4.68 Å². The van der Waals surface area contributed by atoms with Crippen LogP contribution >= 0.6 is 34.8 Å². The molecule has 0 unspecified atom stereocenters. The summed E-state index contributed by atoms with van der Waals surface area (Å²) in [5, 5.41) is 5.59. The number of benzene rings is 1. The number of hydrogen-bond donors (Lipinski definition) is 0. The second-order valence-corrected chi connectivity index (χ2v) is 5.16. The quantitative estimate of drug-likeness (QED) is 0.782. The molecule has 3 nitrogen and oxygen atoms in total. The Kier molecular flexibility index (Phi) is 4.74. The summed E-state index contributed by atoms with van der Waals surface area (Å²) in [4.78, 5) is 0. The van der Waals surface area contributed by atoms with Crippen molar-refractivity contribution in [2.45, 2.75) is 19.4 Å². The molecule has 2 aromatic rings. The lowest BCUT2D eigenvalue weighted by Gasteiger charge is -2.05. The molecule has 102 valence electrons. The molecular weight excluding hydrogens is 307 g/mol. The maximum absolute atomic E-state index is 6.31. The average molecular weight is 320 g/mol. The van der Waals surface area contributed by atoms with Gasteiger partial charge in [0.15, 0.2) is 0 Å². The van der Waals surface area contributed by atoms with Crippen LogP contribution in [0.1, 0.15) is 16.8 Å². The number of aryl methyl sites for hydroxylation is 1. The van der Waals surface area contributed by atoms with Crippen LogP contribution < -0.4 is 0 Å². The van der Waals surface area contributed by atoms with Gasteiger partial charge in [-0.15, -0.1) is 11.6 Å². The number of ether oxygens (including phenoxy) is 1. The van der Waals surface area contributed by atoms with E-state index in [-0.39, 0.29) is 5.88 Å². The molecule has 0 N–H and O–H groups in total. The highest BCUT2D eigenvalue weighted by atomic mass is 35.5. The first-order valence-electron chi connectivity index (χ1n) is 5.66. The Morgan fingerprint density at radius 1 is 1.32 bits per heavy atom. The summed E-state index contributed by atoms with van der Waals surface area (Å²) >= 11 is 18.3. The number of nitrogens with zero attached hydrogens (tertiary/aromatic N) is 2. The molecule has 0 aliphatic heterocycles. The smallest absolute Gasteiger partial charge is 0.137 e. The fourth-order valence-electron chi connectivity index (χ4n) is 1.74. The van der Waals surface area contributed by atoms with Gasteiger partial charge in [0.25, 0.3) is 0 Å². The third-order valence-electron chi connectivity index (χ3n) is 2.82. The Hall–Kier alpha value is -0.740. The Morgan fingerprint density at radius 3 is 2.63 bits per heavy atom. The third-order valence-corrected chi connectivity index (χ3v) is 3.88. The van der Waals surface area contributed by atoms with Crippen molar-refractivity contribution >= 4 is 34.8 Å². The van der Waals surface area contributed by atoms with Gasteiger partial charge in [0, 0.05) is 17.7 Å². The predicted molar refractivity (Wildman–Crippen MR) is 78.6 cm³/mol. The van der Waals surface area contributed by atoms with Gasteiger partial charge in [0.1, 0.15) is 5.15 Å². The zero-order valence-corrected chi connectivity index (χ0v) is 12.9. The first kappa shape index (κ1) is 14.7. The van der Waals surface area contributed by atoms with Crippen LogP contribution in [0.15, 0.2) is 18.2 Å². The lowest BCUT2D eigenvalue weighted by Crippen LogP contribution is -1.98. The van der Waals surface area contributed by atoms with Gasteiger partial charge < -0.3 is 4.74 Å². The Balaban J connectivity index is 2.52. The molecule has 0 atom stereocenters. The SMILES string of the molecule is COCc1nn(-c2ccc(C)c(Cl)c2)c(Cl)c1CCl. The normalized spacial score (nSPS) is 11.0. The number of hydrogen-bond acceptors (Lipinski definition) is 2. The fourth-order valence-corrected chi connectivity index (χ4v) is 2.58. The molecule has 0 aliphatic rings. The molecule has 0 amide bonds. The molecule has 0 radical (unpaired) electrons. The highest BCUT2D eigenvalue weighted by Crippen LogP contribution is 2.27. The van der Waals surface area contributed by atoms with E-state index < -0.39 is 0 Å². The molecule has 2 rings (SSSR count). The van der Waals surface area contributed by atoms with E-state index in [1.807, 2.05) is 25.1 Å². The molecule has 0 aliphatic carbocycles. The van der Waals surface area contributed by atoms with E-state index >= 15 is 0 Å². The summed E-state index contributed by atoms with van der Waals surface area (Å²) in [5.41, 5.74) is 3.32. The van der Waals surface area contributed by atoms with Gasteiger partial charge in [0.2, 0.25) is 0 Å². The Morgan fingerprint density at radius 2 is 2.05 bits per heavy atom. The predicted octanol–water partition coefficient (Wildman–Crippen LogP) is 4.37. The van der Waals surface area contributed by atoms with Crippen LogP contribution in [0.4, 0.5) is 0 Å². The van der Waals surface area contributed by atoms with Crippen molar-refractivity contribution in [3.8, 4) is 5.69 Å². The average Bonchev–Trinajstić information content (AvgIpc) is 2.70. The van der Waals surface area contributed by atoms with Crippen molar-refractivity contribution < 1.29 is 4.74 Å². The fraction of sp³-hybridized carbons (Fsp3) is 0.308. The molecule has 1 aromatic heterocycles. The van der Waals surface area contributed by atoms with E-state index in [2.05, 4.69) is 5.10 Å². The number of alkyl halides is 1. The lowest BCUT2D eigenvalue weighted by molar-refractivity contribution is 0.180. The second kappa shape index (κ2) is 6.14. The van der Waals surface area contributed by atoms with Gasteiger partial charge in [-0.05, 0) is 24.6 Å². The van der Waals surface area contributed by atoms with Crippen molar-refractivity contribution in [2.75, 3.05) is 7.11 Å². The van der Waals surface area contributed by atoms with Crippen LogP contribution in [-0.2, 0) is 17.2 Å². The van der Waals surface area contributed by atoms with E-state index in [1.165, 1.54) is 0 Å². The van der Waals surface area contributed by atoms with Crippen LogP contribution in [0.3, 0.4) is 0 Å². The topological polar surface area (TPSA) is 27.1 Å². The minimum Gasteiger partial charge on any atom is -0.378 e. The van der Waals surface area contributed by atoms with Gasteiger partial charge in [-0.2, -0.15) is 5.10 Å². The van der Waals surface area contributed by atoms with Crippen molar-refractivity contribution in [2.24, 2.45) is 0 Å². The Labute approximate surface area is 127 Å². The maximum atomic E-state index is 6.31. The zero-order valence-electron chi connectivity index (χ0n) is 10.6. The molecule has 1 heterocycles. The van der Waals surface area contributed by atoms with E-state index in [1.54, 1.807) is 11.8 Å². The van der Waals surface area contributed by atoms with Crippen LogP contribution in [-0.4, -0.2) is 16.9 Å². The molecule has 0 bridgehead atoms. The molecule has 6 heteroatoms. The second-order valence-electron chi connectivity index (χ2n) is 4.13. The van der Waals surface area contributed by atoms with Gasteiger partial charge in [-0.1, -0.05) is 29.3 Å². The number of aromatic nitrogens is 2. The largest absolute Gasteiger partial charge is 0.378 e. The summed E-state index contributed by atoms with van der Waals surface area (Å²) in [6, 6.07) is 5.66. The van der Waals surface area contributed by atoms with Crippen molar-refractivity contribution in [3.05, 3.63) is 45.2 Å². The lowest BCUT2D eigenvalue weighted by atomic mass is 10.2. The summed E-state index contributed by atoms with van der Waals surface area (Å²) < 4.78 is 6.72. The van der Waals surface area contributed by atoms with Crippen LogP contribution in [0.5, 0.6) is 0 Å². The molecule has 0 fully saturated rings. The minimum atomic E-state index is 0.289. The number of halogens is 3. The minimum absolute atomic E-state index is 0.289. The van der Waals surface area contributed by atoms with E-state index in [0.29, 0.717) is 16.8 Å². The number of rotatable bonds is 4. The molecule has 0 spiro atoms. The monoisotopic (exact) mass is 318 g/mol. The Bertz CT molecular complexity index is 596. The van der Waals surface area contributed by atoms with Gasteiger partial charge >= 0.3 is 0 Å². The highest BCUT2D eigenvalue weighted by Gasteiger charge is 2.16. The first-order valence-corrected chi connectivity index (χ1v) is 6.95. The zero-order chi connectivity index (χ0) is 14.0. The van der Waals surface area contributed by atoms with E-state index in [0.717, 1.165) is 22.5 Å².